The average Bonchev–Trinajstić information content (AvgIpc) is 3.65. The van der Waals surface area contributed by atoms with Gasteiger partial charge in [-0.3, -0.25) is 0 Å². The van der Waals surface area contributed by atoms with E-state index in [2.05, 4.69) is 52.8 Å². The SMILES string of the molecule is N#Cc1cc(OCc2cn(C(c3ccccc3)(c3ccccc3)c3ccccc3)nn2)cc2c1CC(C=O)C2. The molecule has 4 aromatic carbocycles. The van der Waals surface area contributed by atoms with Crippen LogP contribution in [0.2, 0.25) is 0 Å². The molecule has 0 bridgehead atoms. The molecule has 5 aromatic rings. The predicted molar refractivity (Wildman–Crippen MR) is 147 cm³/mol. The summed E-state index contributed by atoms with van der Waals surface area (Å²) in [5, 5.41) is 18.8. The molecular formula is C33H26N4O2. The number of nitriles is 1. The maximum atomic E-state index is 11.3. The fourth-order valence-corrected chi connectivity index (χ4v) is 5.64. The minimum Gasteiger partial charge on any atom is -0.487 e. The van der Waals surface area contributed by atoms with Crippen molar-refractivity contribution in [1.29, 1.82) is 5.26 Å². The van der Waals surface area contributed by atoms with Gasteiger partial charge < -0.3 is 9.53 Å². The standard InChI is InChI=1S/C33H26N4O2/c34-20-26-19-31(18-25-16-24(22-38)17-32(25)26)39-23-30-21-37(36-35-30)33(27-10-4-1-5-11-27,28-12-6-2-7-13-28)29-14-8-3-9-15-29/h1-15,18-19,21-22,24H,16-17,23H2. The van der Waals surface area contributed by atoms with Crippen molar-refractivity contribution in [3.63, 3.8) is 0 Å². The summed E-state index contributed by atoms with van der Waals surface area (Å²) in [6, 6.07) is 36.8. The molecule has 1 heterocycles. The average molecular weight is 511 g/mol. The van der Waals surface area contributed by atoms with E-state index in [1.165, 1.54) is 0 Å². The van der Waals surface area contributed by atoms with E-state index in [0.717, 1.165) is 34.1 Å². The summed E-state index contributed by atoms with van der Waals surface area (Å²) in [7, 11) is 0. The Morgan fingerprint density at radius 2 is 1.49 bits per heavy atom. The Bertz CT molecular complexity index is 1540. The molecule has 0 fully saturated rings. The molecule has 0 N–H and O–H groups in total. The van der Waals surface area contributed by atoms with E-state index < -0.39 is 5.54 Å². The third-order valence-corrected chi connectivity index (χ3v) is 7.42. The minimum atomic E-state index is -0.750. The summed E-state index contributed by atoms with van der Waals surface area (Å²) in [5.74, 6) is 0.510. The quantitative estimate of drug-likeness (QED) is 0.204. The molecule has 39 heavy (non-hydrogen) atoms. The fraction of sp³-hybridized carbons (Fsp3) is 0.152. The number of ether oxygens (including phenoxy) is 1. The number of carbonyl (C=O) groups excluding carboxylic acids is 1. The molecular weight excluding hydrogens is 484 g/mol. The molecule has 1 unspecified atom stereocenters. The van der Waals surface area contributed by atoms with E-state index in [1.54, 1.807) is 6.07 Å². The van der Waals surface area contributed by atoms with Gasteiger partial charge in [0.1, 0.15) is 29.9 Å². The molecule has 190 valence electrons. The highest BCUT2D eigenvalue weighted by Gasteiger charge is 2.39. The molecule has 0 amide bonds. The lowest BCUT2D eigenvalue weighted by molar-refractivity contribution is -0.110. The van der Waals surface area contributed by atoms with Crippen molar-refractivity contribution < 1.29 is 9.53 Å². The van der Waals surface area contributed by atoms with Crippen molar-refractivity contribution in [3.8, 4) is 11.8 Å². The third kappa shape index (κ3) is 4.38. The zero-order valence-corrected chi connectivity index (χ0v) is 21.3. The van der Waals surface area contributed by atoms with E-state index in [4.69, 9.17) is 4.74 Å². The van der Waals surface area contributed by atoms with Gasteiger partial charge in [0, 0.05) is 5.92 Å². The monoisotopic (exact) mass is 510 g/mol. The van der Waals surface area contributed by atoms with Crippen molar-refractivity contribution >= 4 is 6.29 Å². The Morgan fingerprint density at radius 1 is 0.897 bits per heavy atom. The number of aromatic nitrogens is 3. The first kappa shape index (κ1) is 24.3. The predicted octanol–water partition coefficient (Wildman–Crippen LogP) is 5.48. The van der Waals surface area contributed by atoms with Crippen LogP contribution in [0.25, 0.3) is 0 Å². The Balaban J connectivity index is 1.38. The number of nitrogens with zero attached hydrogens (tertiary/aromatic N) is 4. The molecule has 0 aliphatic heterocycles. The maximum absolute atomic E-state index is 11.3. The molecule has 0 saturated carbocycles. The van der Waals surface area contributed by atoms with E-state index in [0.29, 0.717) is 29.8 Å². The van der Waals surface area contributed by atoms with Gasteiger partial charge in [-0.1, -0.05) is 96.2 Å². The number of fused-ring (bicyclic) bond motifs is 1. The number of carbonyl (C=O) groups is 1. The lowest BCUT2D eigenvalue weighted by Gasteiger charge is -2.35. The first-order valence-electron chi connectivity index (χ1n) is 12.9. The molecule has 1 aromatic heterocycles. The molecule has 1 aliphatic carbocycles. The highest BCUT2D eigenvalue weighted by molar-refractivity contribution is 5.61. The first-order valence-corrected chi connectivity index (χ1v) is 12.9. The van der Waals surface area contributed by atoms with Gasteiger partial charge in [0.05, 0.1) is 17.8 Å². The number of aldehydes is 1. The van der Waals surface area contributed by atoms with Crippen LogP contribution in [0, 0.1) is 17.2 Å². The first-order chi connectivity index (χ1) is 19.2. The zero-order valence-electron chi connectivity index (χ0n) is 21.3. The minimum absolute atomic E-state index is 0.0793. The second kappa shape index (κ2) is 10.4. The fourth-order valence-electron chi connectivity index (χ4n) is 5.64. The topological polar surface area (TPSA) is 80.8 Å². The summed E-state index contributed by atoms with van der Waals surface area (Å²) in [6.07, 6.45) is 4.14. The van der Waals surface area contributed by atoms with Gasteiger partial charge in [-0.05, 0) is 52.8 Å². The largest absolute Gasteiger partial charge is 0.487 e. The molecule has 1 atom stereocenters. The highest BCUT2D eigenvalue weighted by Crippen LogP contribution is 2.40. The second-order valence-electron chi connectivity index (χ2n) is 9.78. The normalized spacial score (nSPS) is 14.4. The molecule has 0 saturated heterocycles. The number of rotatable bonds is 8. The molecule has 6 rings (SSSR count). The second-order valence-corrected chi connectivity index (χ2v) is 9.78. The van der Waals surface area contributed by atoms with Crippen molar-refractivity contribution in [2.45, 2.75) is 25.0 Å². The summed E-state index contributed by atoms with van der Waals surface area (Å²) >= 11 is 0. The Morgan fingerprint density at radius 3 is 2.03 bits per heavy atom. The van der Waals surface area contributed by atoms with E-state index >= 15 is 0 Å². The van der Waals surface area contributed by atoms with Gasteiger partial charge in [-0.2, -0.15) is 5.26 Å². The van der Waals surface area contributed by atoms with E-state index in [1.807, 2.05) is 71.5 Å². The molecule has 0 radical (unpaired) electrons. The van der Waals surface area contributed by atoms with Crippen LogP contribution in [-0.4, -0.2) is 21.3 Å². The van der Waals surface area contributed by atoms with Crippen LogP contribution >= 0.6 is 0 Å². The summed E-state index contributed by atoms with van der Waals surface area (Å²) in [6.45, 7) is 0.190. The van der Waals surface area contributed by atoms with Gasteiger partial charge in [0.2, 0.25) is 0 Å². The van der Waals surface area contributed by atoms with Gasteiger partial charge in [0.25, 0.3) is 0 Å². The summed E-state index contributed by atoms with van der Waals surface area (Å²) in [5.41, 5.74) is 5.59. The smallest absolute Gasteiger partial charge is 0.139 e. The van der Waals surface area contributed by atoms with Crippen LogP contribution in [0.5, 0.6) is 5.75 Å². The summed E-state index contributed by atoms with van der Waals surface area (Å²) in [4.78, 5) is 11.3. The van der Waals surface area contributed by atoms with Gasteiger partial charge >= 0.3 is 0 Å². The highest BCUT2D eigenvalue weighted by atomic mass is 16.5. The Kier molecular flexibility index (Phi) is 6.48. The van der Waals surface area contributed by atoms with Crippen LogP contribution in [0.4, 0.5) is 0 Å². The number of hydrogen-bond acceptors (Lipinski definition) is 5. The maximum Gasteiger partial charge on any atom is 0.139 e. The third-order valence-electron chi connectivity index (χ3n) is 7.42. The Labute approximate surface area is 227 Å². The number of hydrogen-bond donors (Lipinski definition) is 0. The van der Waals surface area contributed by atoms with Crippen LogP contribution < -0.4 is 4.74 Å². The zero-order chi connectivity index (χ0) is 26.7. The van der Waals surface area contributed by atoms with Gasteiger partial charge in [0.15, 0.2) is 0 Å². The van der Waals surface area contributed by atoms with Crippen molar-refractivity contribution in [1.82, 2.24) is 15.0 Å². The lowest BCUT2D eigenvalue weighted by Crippen LogP contribution is -2.38. The summed E-state index contributed by atoms with van der Waals surface area (Å²) < 4.78 is 8.02. The van der Waals surface area contributed by atoms with Crippen LogP contribution in [0.15, 0.2) is 109 Å². The molecule has 0 spiro atoms. The van der Waals surface area contributed by atoms with Gasteiger partial charge in [-0.15, -0.1) is 5.10 Å². The van der Waals surface area contributed by atoms with Crippen molar-refractivity contribution in [2.24, 2.45) is 5.92 Å². The molecule has 1 aliphatic rings. The Hall–Kier alpha value is -5.02. The van der Waals surface area contributed by atoms with Crippen molar-refractivity contribution in [3.05, 3.63) is 148 Å². The van der Waals surface area contributed by atoms with Crippen molar-refractivity contribution in [2.75, 3.05) is 0 Å². The molecule has 6 nitrogen and oxygen atoms in total. The number of benzene rings is 4. The van der Waals surface area contributed by atoms with Crippen LogP contribution in [0.1, 0.15) is 39.1 Å². The van der Waals surface area contributed by atoms with Gasteiger partial charge in [-0.25, -0.2) is 4.68 Å². The molecule has 6 heteroatoms. The van der Waals surface area contributed by atoms with Crippen LogP contribution in [0.3, 0.4) is 0 Å². The van der Waals surface area contributed by atoms with Crippen LogP contribution in [-0.2, 0) is 29.8 Å². The van der Waals surface area contributed by atoms with E-state index in [-0.39, 0.29) is 12.5 Å². The lowest BCUT2D eigenvalue weighted by atomic mass is 9.77. The van der Waals surface area contributed by atoms with E-state index in [9.17, 15) is 10.1 Å².